The second kappa shape index (κ2) is 6.12. The first kappa shape index (κ1) is 14.0. The molecular weight excluding hydrogens is 316 g/mol. The minimum absolute atomic E-state index is 0.0563. The Morgan fingerprint density at radius 3 is 2.63 bits per heavy atom. The van der Waals surface area contributed by atoms with Gasteiger partial charge in [-0.2, -0.15) is 0 Å². The molecule has 19 heavy (non-hydrogen) atoms. The molecule has 0 aliphatic rings. The third kappa shape index (κ3) is 3.30. The third-order valence-electron chi connectivity index (χ3n) is 2.65. The molecule has 100 valence electrons. The van der Waals surface area contributed by atoms with E-state index >= 15 is 0 Å². The van der Waals surface area contributed by atoms with Gasteiger partial charge in [0.25, 0.3) is 0 Å². The van der Waals surface area contributed by atoms with Crippen LogP contribution < -0.4 is 10.5 Å². The van der Waals surface area contributed by atoms with E-state index in [1.165, 1.54) is 0 Å². The molecular formula is C14H12BrF2NO. The molecule has 2 N–H and O–H groups in total. The average molecular weight is 328 g/mol. The van der Waals surface area contributed by atoms with Gasteiger partial charge in [-0.3, -0.25) is 0 Å². The second-order valence-electron chi connectivity index (χ2n) is 3.96. The first-order valence-electron chi connectivity index (χ1n) is 5.66. The molecule has 0 aromatic heterocycles. The Morgan fingerprint density at radius 1 is 1.11 bits per heavy atom. The maximum Gasteiger partial charge on any atom is 0.138 e. The fourth-order valence-electron chi connectivity index (χ4n) is 1.68. The molecule has 0 aliphatic carbocycles. The van der Waals surface area contributed by atoms with Crippen molar-refractivity contribution in [1.82, 2.24) is 0 Å². The van der Waals surface area contributed by atoms with E-state index in [1.807, 2.05) is 12.1 Å². The van der Waals surface area contributed by atoms with Gasteiger partial charge in [0, 0.05) is 17.7 Å². The van der Waals surface area contributed by atoms with E-state index in [2.05, 4.69) is 15.9 Å². The van der Waals surface area contributed by atoms with E-state index in [0.717, 1.165) is 28.2 Å². The molecule has 0 aliphatic heterocycles. The summed E-state index contributed by atoms with van der Waals surface area (Å²) in [5.74, 6) is -0.442. The maximum atomic E-state index is 13.5. The Labute approximate surface area is 118 Å². The summed E-state index contributed by atoms with van der Waals surface area (Å²) in [4.78, 5) is 0. The number of benzene rings is 2. The lowest BCUT2D eigenvalue weighted by Gasteiger charge is -2.12. The van der Waals surface area contributed by atoms with Crippen molar-refractivity contribution in [1.29, 1.82) is 0 Å². The van der Waals surface area contributed by atoms with Gasteiger partial charge in [-0.15, -0.1) is 0 Å². The van der Waals surface area contributed by atoms with Crippen LogP contribution in [0.1, 0.15) is 11.1 Å². The van der Waals surface area contributed by atoms with Crippen molar-refractivity contribution < 1.29 is 13.5 Å². The molecule has 0 saturated carbocycles. The summed E-state index contributed by atoms with van der Waals surface area (Å²) in [6.45, 7) is 0.250. The summed E-state index contributed by atoms with van der Waals surface area (Å²) in [6.07, 6.45) is 0. The quantitative estimate of drug-likeness (QED) is 0.927. The maximum absolute atomic E-state index is 13.5. The highest BCUT2D eigenvalue weighted by atomic mass is 79.9. The first-order chi connectivity index (χ1) is 9.11. The Kier molecular flexibility index (Phi) is 4.50. The molecule has 2 nitrogen and oxygen atoms in total. The Balaban J connectivity index is 2.21. The summed E-state index contributed by atoms with van der Waals surface area (Å²) < 4.78 is 32.8. The van der Waals surface area contributed by atoms with Crippen LogP contribution in [0.3, 0.4) is 0 Å². The lowest BCUT2D eigenvalue weighted by molar-refractivity contribution is 0.294. The van der Waals surface area contributed by atoms with Gasteiger partial charge < -0.3 is 10.5 Å². The largest absolute Gasteiger partial charge is 0.487 e. The van der Waals surface area contributed by atoms with Gasteiger partial charge in [-0.05, 0) is 40.2 Å². The van der Waals surface area contributed by atoms with Crippen LogP contribution in [0.15, 0.2) is 40.9 Å². The van der Waals surface area contributed by atoms with Crippen molar-refractivity contribution in [3.63, 3.8) is 0 Å². The molecule has 0 atom stereocenters. The highest BCUT2D eigenvalue weighted by Gasteiger charge is 2.09. The summed E-state index contributed by atoms with van der Waals surface area (Å²) >= 11 is 3.35. The molecule has 2 aromatic carbocycles. The van der Waals surface area contributed by atoms with Gasteiger partial charge in [-0.1, -0.05) is 12.1 Å². The van der Waals surface area contributed by atoms with Crippen molar-refractivity contribution in [3.05, 3.63) is 63.6 Å². The molecule has 0 bridgehead atoms. The zero-order valence-corrected chi connectivity index (χ0v) is 11.6. The SMILES string of the molecule is NCc1cccc(Br)c1OCc1cc(F)ccc1F. The molecule has 0 spiro atoms. The molecule has 0 radical (unpaired) electrons. The molecule has 2 aromatic rings. The number of halogens is 3. The van der Waals surface area contributed by atoms with Crippen molar-refractivity contribution >= 4 is 15.9 Å². The van der Waals surface area contributed by atoms with Crippen LogP contribution in [0.5, 0.6) is 5.75 Å². The Hall–Kier alpha value is -1.46. The van der Waals surface area contributed by atoms with Crippen LogP contribution in [0.4, 0.5) is 8.78 Å². The minimum Gasteiger partial charge on any atom is -0.487 e. The zero-order valence-electron chi connectivity index (χ0n) is 10.00. The molecule has 0 saturated heterocycles. The summed E-state index contributed by atoms with van der Waals surface area (Å²) in [6, 6.07) is 8.73. The van der Waals surface area contributed by atoms with Gasteiger partial charge >= 0.3 is 0 Å². The fraction of sp³-hybridized carbons (Fsp3) is 0.143. The lowest BCUT2D eigenvalue weighted by Crippen LogP contribution is -2.04. The van der Waals surface area contributed by atoms with E-state index in [0.29, 0.717) is 12.3 Å². The number of rotatable bonds is 4. The smallest absolute Gasteiger partial charge is 0.138 e. The predicted octanol–water partition coefficient (Wildman–Crippen LogP) is 3.77. The van der Waals surface area contributed by atoms with Crippen LogP contribution in [-0.2, 0) is 13.2 Å². The van der Waals surface area contributed by atoms with Gasteiger partial charge in [0.1, 0.15) is 24.0 Å². The van der Waals surface area contributed by atoms with E-state index < -0.39 is 11.6 Å². The number of hydrogen-bond acceptors (Lipinski definition) is 2. The van der Waals surface area contributed by atoms with Crippen LogP contribution >= 0.6 is 15.9 Å². The first-order valence-corrected chi connectivity index (χ1v) is 6.45. The number of nitrogens with two attached hydrogens (primary N) is 1. The Bertz CT molecular complexity index is 590. The third-order valence-corrected chi connectivity index (χ3v) is 3.27. The van der Waals surface area contributed by atoms with E-state index in [9.17, 15) is 8.78 Å². The summed E-state index contributed by atoms with van der Waals surface area (Å²) in [7, 11) is 0. The van der Waals surface area contributed by atoms with Gasteiger partial charge in [0.15, 0.2) is 0 Å². The van der Waals surface area contributed by atoms with Gasteiger partial charge in [-0.25, -0.2) is 8.78 Å². The number of ether oxygens (including phenoxy) is 1. The summed E-state index contributed by atoms with van der Waals surface area (Å²) in [5.41, 5.74) is 6.57. The van der Waals surface area contributed by atoms with Crippen LogP contribution in [0, 0.1) is 11.6 Å². The van der Waals surface area contributed by atoms with Crippen LogP contribution in [-0.4, -0.2) is 0 Å². The topological polar surface area (TPSA) is 35.2 Å². The predicted molar refractivity (Wildman–Crippen MR) is 72.7 cm³/mol. The van der Waals surface area contributed by atoms with Crippen LogP contribution in [0.25, 0.3) is 0 Å². The molecule has 2 rings (SSSR count). The van der Waals surface area contributed by atoms with Crippen LogP contribution in [0.2, 0.25) is 0 Å². The Morgan fingerprint density at radius 2 is 1.89 bits per heavy atom. The van der Waals surface area contributed by atoms with Crippen molar-refractivity contribution in [2.24, 2.45) is 5.73 Å². The molecule has 0 fully saturated rings. The summed E-state index contributed by atoms with van der Waals surface area (Å²) in [5, 5.41) is 0. The van der Waals surface area contributed by atoms with Crippen molar-refractivity contribution in [2.45, 2.75) is 13.2 Å². The van der Waals surface area contributed by atoms with Gasteiger partial charge in [0.2, 0.25) is 0 Å². The van der Waals surface area contributed by atoms with E-state index in [1.54, 1.807) is 6.07 Å². The molecule has 5 heteroatoms. The highest BCUT2D eigenvalue weighted by molar-refractivity contribution is 9.10. The zero-order chi connectivity index (χ0) is 13.8. The number of hydrogen-bond donors (Lipinski definition) is 1. The van der Waals surface area contributed by atoms with Crippen molar-refractivity contribution in [2.75, 3.05) is 0 Å². The normalized spacial score (nSPS) is 10.5. The monoisotopic (exact) mass is 327 g/mol. The molecule has 0 unspecified atom stereocenters. The lowest BCUT2D eigenvalue weighted by atomic mass is 10.2. The standard InChI is InChI=1S/C14H12BrF2NO/c15-12-3-1-2-9(7-18)14(12)19-8-10-6-11(16)4-5-13(10)17/h1-6H,7-8,18H2. The fourth-order valence-corrected chi connectivity index (χ4v) is 2.20. The van der Waals surface area contributed by atoms with E-state index in [4.69, 9.17) is 10.5 Å². The second-order valence-corrected chi connectivity index (χ2v) is 4.81. The van der Waals surface area contributed by atoms with E-state index in [-0.39, 0.29) is 12.2 Å². The highest BCUT2D eigenvalue weighted by Crippen LogP contribution is 2.29. The minimum atomic E-state index is -0.497. The molecule has 0 heterocycles. The number of para-hydroxylation sites is 1. The molecule has 0 amide bonds. The van der Waals surface area contributed by atoms with Gasteiger partial charge in [0.05, 0.1) is 4.47 Å². The average Bonchev–Trinajstić information content (AvgIpc) is 2.40. The van der Waals surface area contributed by atoms with Crippen molar-refractivity contribution in [3.8, 4) is 5.75 Å².